The van der Waals surface area contributed by atoms with Gasteiger partial charge in [-0.25, -0.2) is 0 Å². The molecule has 0 amide bonds. The number of aryl methyl sites for hydroxylation is 2. The van der Waals surface area contributed by atoms with Crippen LogP contribution in [0.5, 0.6) is 5.75 Å². The van der Waals surface area contributed by atoms with E-state index in [1.54, 1.807) is 19.1 Å². The lowest BCUT2D eigenvalue weighted by molar-refractivity contribution is 0.478. The molecule has 0 heterocycles. The minimum atomic E-state index is -4.62. The average molecular weight is 436 g/mol. The van der Waals surface area contributed by atoms with Crippen molar-refractivity contribution in [3.05, 3.63) is 53.6 Å². The van der Waals surface area contributed by atoms with Gasteiger partial charge in [-0.2, -0.15) is 21.9 Å². The summed E-state index contributed by atoms with van der Waals surface area (Å²) in [5.41, 5.74) is 0.689. The number of benzene rings is 3. The van der Waals surface area contributed by atoms with Crippen molar-refractivity contribution in [3.8, 4) is 5.75 Å². The Hall–Kier alpha value is -2.86. The molecule has 0 saturated carbocycles. The summed E-state index contributed by atoms with van der Waals surface area (Å²) in [6.07, 6.45) is 0. The number of fused-ring (bicyclic) bond motifs is 1. The molecule has 0 saturated heterocycles. The van der Waals surface area contributed by atoms with Crippen molar-refractivity contribution in [1.29, 1.82) is 0 Å². The van der Waals surface area contributed by atoms with Gasteiger partial charge in [-0.3, -0.25) is 9.11 Å². The SMILES string of the molecule is Cc1cc(C)c(S(=O)(=O)O)cc1/N=N\c1cc(S(=O)(=O)O)c2ccccc2c1O. The topological polar surface area (TPSA) is 154 Å². The number of phenolic OH excluding ortho intramolecular Hbond substituents is 1. The van der Waals surface area contributed by atoms with Crippen LogP contribution < -0.4 is 0 Å². The Morgan fingerprint density at radius 1 is 0.724 bits per heavy atom. The summed E-state index contributed by atoms with van der Waals surface area (Å²) >= 11 is 0. The lowest BCUT2D eigenvalue weighted by atomic mass is 10.1. The van der Waals surface area contributed by atoms with E-state index in [0.717, 1.165) is 12.1 Å². The smallest absolute Gasteiger partial charge is 0.295 e. The first-order valence-corrected chi connectivity index (χ1v) is 11.0. The molecular weight excluding hydrogens is 420 g/mol. The van der Waals surface area contributed by atoms with Crippen molar-refractivity contribution in [2.75, 3.05) is 0 Å². The summed E-state index contributed by atoms with van der Waals surface area (Å²) in [6, 6.07) is 9.55. The Balaban J connectivity index is 2.22. The number of rotatable bonds is 4. The molecule has 0 fully saturated rings. The van der Waals surface area contributed by atoms with Crippen LogP contribution >= 0.6 is 0 Å². The molecule has 3 N–H and O–H groups in total. The maximum atomic E-state index is 11.7. The Labute approximate surface area is 166 Å². The maximum Gasteiger partial charge on any atom is 0.295 e. The van der Waals surface area contributed by atoms with E-state index in [2.05, 4.69) is 10.2 Å². The second kappa shape index (κ2) is 7.19. The van der Waals surface area contributed by atoms with Gasteiger partial charge in [-0.15, -0.1) is 5.11 Å². The minimum absolute atomic E-state index is 0.0872. The van der Waals surface area contributed by atoms with Gasteiger partial charge in [-0.1, -0.05) is 30.3 Å². The van der Waals surface area contributed by atoms with Gasteiger partial charge in [0.2, 0.25) is 0 Å². The predicted octanol–water partition coefficient (Wildman–Crippen LogP) is 4.07. The van der Waals surface area contributed by atoms with E-state index in [1.807, 2.05) is 0 Å². The number of phenols is 1. The monoisotopic (exact) mass is 436 g/mol. The molecule has 29 heavy (non-hydrogen) atoms. The van der Waals surface area contributed by atoms with Gasteiger partial charge in [0.25, 0.3) is 20.2 Å². The van der Waals surface area contributed by atoms with Crippen molar-refractivity contribution in [2.45, 2.75) is 23.6 Å². The molecule has 3 aromatic carbocycles. The molecular formula is C18H16N2O7S2. The molecule has 11 heteroatoms. The van der Waals surface area contributed by atoms with E-state index in [-0.39, 0.29) is 32.8 Å². The molecule has 3 rings (SSSR count). The van der Waals surface area contributed by atoms with E-state index in [9.17, 15) is 31.0 Å². The Bertz CT molecular complexity index is 1380. The number of hydrogen-bond acceptors (Lipinski definition) is 7. The van der Waals surface area contributed by atoms with Crippen LogP contribution in [0.1, 0.15) is 11.1 Å². The largest absolute Gasteiger partial charge is 0.505 e. The Morgan fingerprint density at radius 3 is 1.83 bits per heavy atom. The van der Waals surface area contributed by atoms with Crippen LogP contribution in [0.3, 0.4) is 0 Å². The van der Waals surface area contributed by atoms with E-state index in [1.165, 1.54) is 25.1 Å². The van der Waals surface area contributed by atoms with Crippen molar-refractivity contribution < 1.29 is 31.0 Å². The minimum Gasteiger partial charge on any atom is -0.505 e. The highest BCUT2D eigenvalue weighted by Gasteiger charge is 2.20. The molecule has 0 spiro atoms. The van der Waals surface area contributed by atoms with Crippen LogP contribution in [0.15, 0.2) is 62.5 Å². The molecule has 0 aliphatic rings. The summed E-state index contributed by atoms with van der Waals surface area (Å²) in [6.45, 7) is 3.14. The third-order valence-corrected chi connectivity index (χ3v) is 6.16. The van der Waals surface area contributed by atoms with Gasteiger partial charge in [0.1, 0.15) is 10.6 Å². The van der Waals surface area contributed by atoms with Gasteiger partial charge < -0.3 is 5.11 Å². The molecule has 0 bridgehead atoms. The van der Waals surface area contributed by atoms with Crippen molar-refractivity contribution in [3.63, 3.8) is 0 Å². The zero-order valence-corrected chi connectivity index (χ0v) is 16.9. The second-order valence-corrected chi connectivity index (χ2v) is 9.12. The molecule has 0 atom stereocenters. The molecule has 0 aliphatic heterocycles. The lowest BCUT2D eigenvalue weighted by Gasteiger charge is -2.09. The summed E-state index contributed by atoms with van der Waals surface area (Å²) in [7, 11) is -9.10. The molecule has 152 valence electrons. The second-order valence-electron chi connectivity index (χ2n) is 6.34. The zero-order valence-electron chi connectivity index (χ0n) is 15.2. The number of hydrogen-bond donors (Lipinski definition) is 3. The number of aromatic hydroxyl groups is 1. The first kappa shape index (κ1) is 20.9. The fraction of sp³-hybridized carbons (Fsp3) is 0.111. The van der Waals surface area contributed by atoms with Crippen molar-refractivity contribution in [2.24, 2.45) is 10.2 Å². The fourth-order valence-electron chi connectivity index (χ4n) is 2.92. The lowest BCUT2D eigenvalue weighted by Crippen LogP contribution is -2.01. The van der Waals surface area contributed by atoms with Crippen LogP contribution in [0.2, 0.25) is 0 Å². The summed E-state index contributed by atoms with van der Waals surface area (Å²) in [5.74, 6) is -0.364. The Kier molecular flexibility index (Phi) is 5.17. The number of azo groups is 1. The quantitative estimate of drug-likeness (QED) is 0.411. The highest BCUT2D eigenvalue weighted by atomic mass is 32.2. The zero-order chi connectivity index (χ0) is 21.6. The summed E-state index contributed by atoms with van der Waals surface area (Å²) in [4.78, 5) is -0.808. The molecule has 0 aromatic heterocycles. The average Bonchev–Trinajstić information content (AvgIpc) is 2.60. The van der Waals surface area contributed by atoms with Crippen LogP contribution in [-0.2, 0) is 20.2 Å². The summed E-state index contributed by atoms with van der Waals surface area (Å²) < 4.78 is 65.3. The van der Waals surface area contributed by atoms with Crippen LogP contribution in [0.25, 0.3) is 10.8 Å². The van der Waals surface area contributed by atoms with Crippen LogP contribution in [0, 0.1) is 13.8 Å². The Morgan fingerprint density at radius 2 is 1.24 bits per heavy atom. The normalized spacial score (nSPS) is 12.7. The molecule has 0 radical (unpaired) electrons. The predicted molar refractivity (Wildman–Crippen MR) is 105 cm³/mol. The third kappa shape index (κ3) is 4.12. The van der Waals surface area contributed by atoms with E-state index in [4.69, 9.17) is 0 Å². The van der Waals surface area contributed by atoms with Crippen molar-refractivity contribution >= 4 is 42.4 Å². The van der Waals surface area contributed by atoms with Crippen LogP contribution in [-0.4, -0.2) is 31.0 Å². The number of nitrogens with zero attached hydrogens (tertiary/aromatic N) is 2. The van der Waals surface area contributed by atoms with E-state index >= 15 is 0 Å². The molecule has 0 unspecified atom stereocenters. The molecule has 0 aliphatic carbocycles. The maximum absolute atomic E-state index is 11.7. The van der Waals surface area contributed by atoms with Gasteiger partial charge in [0, 0.05) is 10.8 Å². The van der Waals surface area contributed by atoms with Crippen LogP contribution in [0.4, 0.5) is 11.4 Å². The summed E-state index contributed by atoms with van der Waals surface area (Å²) in [5, 5.41) is 18.4. The first-order chi connectivity index (χ1) is 13.4. The third-order valence-electron chi connectivity index (χ3n) is 4.27. The van der Waals surface area contributed by atoms with E-state index in [0.29, 0.717) is 11.1 Å². The molecule has 9 nitrogen and oxygen atoms in total. The van der Waals surface area contributed by atoms with Gasteiger partial charge in [0.05, 0.1) is 10.6 Å². The highest BCUT2D eigenvalue weighted by molar-refractivity contribution is 7.86. The van der Waals surface area contributed by atoms with Gasteiger partial charge in [-0.05, 0) is 37.1 Å². The van der Waals surface area contributed by atoms with Gasteiger partial charge >= 0.3 is 0 Å². The highest BCUT2D eigenvalue weighted by Crippen LogP contribution is 2.40. The van der Waals surface area contributed by atoms with Crippen molar-refractivity contribution in [1.82, 2.24) is 0 Å². The standard InChI is InChI=1S/C18H16N2O7S2/c1-10-7-11(2)16(28(22,23)24)8-14(10)19-20-15-9-17(29(25,26)27)12-5-3-4-6-13(12)18(15)21/h3-9,21H,1-2H3,(H,22,23,24)(H,25,26,27)/b20-19-. The molecule has 3 aromatic rings. The first-order valence-electron chi connectivity index (χ1n) is 8.12. The van der Waals surface area contributed by atoms with E-state index < -0.39 is 25.1 Å². The van der Waals surface area contributed by atoms with Gasteiger partial charge in [0.15, 0.2) is 5.75 Å². The fourth-order valence-corrected chi connectivity index (χ4v) is 4.36.